The van der Waals surface area contributed by atoms with Crippen molar-refractivity contribution in [2.45, 2.75) is 19.0 Å². The zero-order chi connectivity index (χ0) is 14.9. The number of fused-ring (bicyclic) bond motifs is 1. The van der Waals surface area contributed by atoms with Gasteiger partial charge in [-0.15, -0.1) is 22.7 Å². The van der Waals surface area contributed by atoms with Crippen LogP contribution in [0.15, 0.2) is 47.3 Å². The molecule has 0 bridgehead atoms. The van der Waals surface area contributed by atoms with Gasteiger partial charge in [0.1, 0.15) is 5.15 Å². The van der Waals surface area contributed by atoms with Crippen molar-refractivity contribution in [1.29, 1.82) is 0 Å². The Morgan fingerprint density at radius 2 is 2.18 bits per heavy atom. The summed E-state index contributed by atoms with van der Waals surface area (Å²) in [6, 6.07) is 11.1. The van der Waals surface area contributed by atoms with E-state index in [1.807, 2.05) is 28.7 Å². The Morgan fingerprint density at radius 1 is 1.23 bits per heavy atom. The Labute approximate surface area is 143 Å². The van der Waals surface area contributed by atoms with E-state index in [0.29, 0.717) is 11.2 Å². The van der Waals surface area contributed by atoms with Crippen molar-refractivity contribution < 1.29 is 0 Å². The van der Waals surface area contributed by atoms with Crippen molar-refractivity contribution in [2.24, 2.45) is 0 Å². The lowest BCUT2D eigenvalue weighted by Crippen LogP contribution is -2.34. The van der Waals surface area contributed by atoms with Crippen LogP contribution >= 0.6 is 34.3 Å². The number of hydrogen-bond acceptors (Lipinski definition) is 4. The molecule has 3 aromatic heterocycles. The van der Waals surface area contributed by atoms with Gasteiger partial charge in [-0.05, 0) is 52.6 Å². The summed E-state index contributed by atoms with van der Waals surface area (Å²) in [5, 5.41) is 4.95. The van der Waals surface area contributed by atoms with E-state index in [0.717, 1.165) is 19.5 Å². The lowest BCUT2D eigenvalue weighted by atomic mass is 9.98. The molecule has 0 fully saturated rings. The molecule has 2 nitrogen and oxygen atoms in total. The van der Waals surface area contributed by atoms with Gasteiger partial charge in [0.15, 0.2) is 0 Å². The van der Waals surface area contributed by atoms with E-state index in [2.05, 4.69) is 44.9 Å². The molecule has 3 aromatic rings. The first kappa shape index (κ1) is 14.4. The molecule has 0 amide bonds. The average Bonchev–Trinajstić information content (AvgIpc) is 3.18. The molecule has 1 atom stereocenters. The van der Waals surface area contributed by atoms with Crippen LogP contribution in [0.5, 0.6) is 0 Å². The van der Waals surface area contributed by atoms with Gasteiger partial charge < -0.3 is 0 Å². The third-order valence-electron chi connectivity index (χ3n) is 4.06. The third kappa shape index (κ3) is 2.72. The van der Waals surface area contributed by atoms with Crippen molar-refractivity contribution in [2.75, 3.05) is 6.54 Å². The Morgan fingerprint density at radius 3 is 3.00 bits per heavy atom. The van der Waals surface area contributed by atoms with Crippen LogP contribution in [0, 0.1) is 0 Å². The van der Waals surface area contributed by atoms with Gasteiger partial charge in [-0.2, -0.15) is 0 Å². The molecule has 112 valence electrons. The second-order valence-electron chi connectivity index (χ2n) is 5.42. The maximum Gasteiger partial charge on any atom is 0.129 e. The fourth-order valence-corrected chi connectivity index (χ4v) is 5.07. The fraction of sp³-hybridized carbons (Fsp3) is 0.235. The Balaban J connectivity index is 1.69. The van der Waals surface area contributed by atoms with E-state index in [-0.39, 0.29) is 0 Å². The zero-order valence-corrected chi connectivity index (χ0v) is 14.3. The van der Waals surface area contributed by atoms with E-state index < -0.39 is 0 Å². The standard InChI is InChI=1S/C17H15ClN2S2/c18-16-10-12(3-6-19-16)11-20-7-4-14-13(5-9-22-14)17(20)15-2-1-8-21-15/h1-3,5-6,8-10,17H,4,7,11H2. The van der Waals surface area contributed by atoms with Gasteiger partial charge in [-0.3, -0.25) is 4.90 Å². The van der Waals surface area contributed by atoms with Crippen LogP contribution in [-0.4, -0.2) is 16.4 Å². The smallest absolute Gasteiger partial charge is 0.129 e. The third-order valence-corrected chi connectivity index (χ3v) is 6.18. The molecule has 0 radical (unpaired) electrons. The molecule has 0 aliphatic carbocycles. The largest absolute Gasteiger partial charge is 0.287 e. The molecule has 5 heteroatoms. The summed E-state index contributed by atoms with van der Waals surface area (Å²) in [6.07, 6.45) is 2.92. The predicted molar refractivity (Wildman–Crippen MR) is 93.8 cm³/mol. The lowest BCUT2D eigenvalue weighted by molar-refractivity contribution is 0.209. The normalized spacial score (nSPS) is 18.3. The van der Waals surface area contributed by atoms with Crippen LogP contribution in [0.2, 0.25) is 5.15 Å². The molecular weight excluding hydrogens is 332 g/mol. The summed E-state index contributed by atoms with van der Waals surface area (Å²) in [5.74, 6) is 0. The molecule has 22 heavy (non-hydrogen) atoms. The number of pyridine rings is 1. The van der Waals surface area contributed by atoms with E-state index in [9.17, 15) is 0 Å². The molecule has 1 unspecified atom stereocenters. The number of aromatic nitrogens is 1. The number of halogens is 1. The van der Waals surface area contributed by atoms with Crippen LogP contribution in [0.1, 0.15) is 26.9 Å². The molecule has 0 saturated heterocycles. The molecule has 0 saturated carbocycles. The predicted octanol–water partition coefficient (Wildman–Crippen LogP) is 5.01. The second-order valence-corrected chi connectivity index (χ2v) is 7.79. The van der Waals surface area contributed by atoms with Gasteiger partial charge in [-0.1, -0.05) is 17.7 Å². The Hall–Kier alpha value is -1.20. The maximum absolute atomic E-state index is 6.04. The quantitative estimate of drug-likeness (QED) is 0.620. The Kier molecular flexibility index (Phi) is 4.01. The summed E-state index contributed by atoms with van der Waals surface area (Å²) in [6.45, 7) is 1.98. The minimum atomic E-state index is 0.363. The number of rotatable bonds is 3. The average molecular weight is 347 g/mol. The van der Waals surface area contributed by atoms with E-state index >= 15 is 0 Å². The Bertz CT molecular complexity index is 767. The lowest BCUT2D eigenvalue weighted by Gasteiger charge is -2.35. The van der Waals surface area contributed by atoms with Crippen LogP contribution in [-0.2, 0) is 13.0 Å². The highest BCUT2D eigenvalue weighted by Gasteiger charge is 2.30. The molecule has 4 rings (SSSR count). The van der Waals surface area contributed by atoms with Crippen molar-refractivity contribution in [3.63, 3.8) is 0 Å². The highest BCUT2D eigenvalue weighted by atomic mass is 35.5. The minimum absolute atomic E-state index is 0.363. The molecule has 1 aliphatic rings. The van der Waals surface area contributed by atoms with Gasteiger partial charge in [0.25, 0.3) is 0 Å². The van der Waals surface area contributed by atoms with Crippen molar-refractivity contribution in [3.05, 3.63) is 73.3 Å². The van der Waals surface area contributed by atoms with Gasteiger partial charge in [0, 0.05) is 29.0 Å². The summed E-state index contributed by atoms with van der Waals surface area (Å²) < 4.78 is 0. The molecule has 0 spiro atoms. The summed E-state index contributed by atoms with van der Waals surface area (Å²) >= 11 is 9.76. The number of thiophene rings is 2. The highest BCUT2D eigenvalue weighted by molar-refractivity contribution is 7.10. The van der Waals surface area contributed by atoms with Crippen LogP contribution < -0.4 is 0 Å². The van der Waals surface area contributed by atoms with E-state index in [1.165, 1.54) is 20.9 Å². The monoisotopic (exact) mass is 346 g/mol. The van der Waals surface area contributed by atoms with Gasteiger partial charge >= 0.3 is 0 Å². The second kappa shape index (κ2) is 6.13. The maximum atomic E-state index is 6.04. The fourth-order valence-electron chi connectivity index (χ4n) is 3.09. The van der Waals surface area contributed by atoms with Crippen LogP contribution in [0.25, 0.3) is 0 Å². The van der Waals surface area contributed by atoms with Crippen LogP contribution in [0.3, 0.4) is 0 Å². The van der Waals surface area contributed by atoms with E-state index in [1.54, 1.807) is 6.20 Å². The molecule has 0 aromatic carbocycles. The van der Waals surface area contributed by atoms with Gasteiger partial charge in [0.2, 0.25) is 0 Å². The molecule has 4 heterocycles. The summed E-state index contributed by atoms with van der Waals surface area (Å²) in [4.78, 5) is 9.57. The van der Waals surface area contributed by atoms with Crippen molar-refractivity contribution in [1.82, 2.24) is 9.88 Å². The molecule has 1 aliphatic heterocycles. The highest BCUT2D eigenvalue weighted by Crippen LogP contribution is 2.40. The van der Waals surface area contributed by atoms with Crippen molar-refractivity contribution >= 4 is 34.3 Å². The van der Waals surface area contributed by atoms with Crippen LogP contribution in [0.4, 0.5) is 0 Å². The number of nitrogens with zero attached hydrogens (tertiary/aromatic N) is 2. The van der Waals surface area contributed by atoms with Crippen molar-refractivity contribution in [3.8, 4) is 0 Å². The first-order valence-electron chi connectivity index (χ1n) is 7.25. The van der Waals surface area contributed by atoms with Gasteiger partial charge in [0.05, 0.1) is 6.04 Å². The summed E-state index contributed by atoms with van der Waals surface area (Å²) in [7, 11) is 0. The summed E-state index contributed by atoms with van der Waals surface area (Å²) in [5.41, 5.74) is 2.69. The molecular formula is C17H15ClN2S2. The first-order chi connectivity index (χ1) is 10.8. The van der Waals surface area contributed by atoms with Gasteiger partial charge in [-0.25, -0.2) is 4.98 Å². The topological polar surface area (TPSA) is 16.1 Å². The van der Waals surface area contributed by atoms with E-state index in [4.69, 9.17) is 11.6 Å². The first-order valence-corrected chi connectivity index (χ1v) is 9.39. The minimum Gasteiger partial charge on any atom is -0.287 e. The molecule has 0 N–H and O–H groups in total. The SMILES string of the molecule is Clc1cc(CN2CCc3sccc3C2c2cccs2)ccn1. The number of hydrogen-bond donors (Lipinski definition) is 0. The zero-order valence-electron chi connectivity index (χ0n) is 11.9.